The average Bonchev–Trinajstić information content (AvgIpc) is 3.23. The van der Waals surface area contributed by atoms with E-state index in [1.807, 2.05) is 24.3 Å². The van der Waals surface area contributed by atoms with Crippen LogP contribution in [-0.4, -0.2) is 39.6 Å². The molecule has 2 aromatic carbocycles. The molecule has 1 aliphatic heterocycles. The van der Waals surface area contributed by atoms with E-state index >= 15 is 0 Å². The zero-order valence-electron chi connectivity index (χ0n) is 18.3. The number of hydrogen-bond donors (Lipinski definition) is 0. The van der Waals surface area contributed by atoms with Crippen molar-refractivity contribution in [1.29, 1.82) is 0 Å². The van der Waals surface area contributed by atoms with Gasteiger partial charge in [-0.05, 0) is 55.2 Å². The Kier molecular flexibility index (Phi) is 6.79. The zero-order chi connectivity index (χ0) is 22.7. The van der Waals surface area contributed by atoms with E-state index in [0.717, 1.165) is 42.0 Å². The molecule has 0 aliphatic carbocycles. The predicted octanol–water partition coefficient (Wildman–Crippen LogP) is 5.89. The van der Waals surface area contributed by atoms with E-state index in [1.54, 1.807) is 17.0 Å². The Labute approximate surface area is 191 Å². The number of likely N-dealkylation sites (tertiary alicyclic amines) is 1. The van der Waals surface area contributed by atoms with Crippen LogP contribution in [0.15, 0.2) is 51.8 Å². The maximum Gasteiger partial charge on any atom is 0.283 e. The van der Waals surface area contributed by atoms with Gasteiger partial charge in [0.2, 0.25) is 0 Å². The lowest BCUT2D eigenvalue weighted by Gasteiger charge is -2.30. The summed E-state index contributed by atoms with van der Waals surface area (Å²) in [6.07, 6.45) is 2.49. The largest absolute Gasteiger partial charge is 0.440 e. The highest BCUT2D eigenvalue weighted by molar-refractivity contribution is 7.99. The number of para-hydroxylation sites is 2. The lowest BCUT2D eigenvalue weighted by molar-refractivity contribution is -0.387. The van der Waals surface area contributed by atoms with Crippen molar-refractivity contribution >= 4 is 34.5 Å². The summed E-state index contributed by atoms with van der Waals surface area (Å²) in [7, 11) is 0. The third kappa shape index (κ3) is 4.96. The number of amides is 1. The molecular weight excluding hydrogens is 426 g/mol. The van der Waals surface area contributed by atoms with Crippen LogP contribution in [0.2, 0.25) is 0 Å². The van der Waals surface area contributed by atoms with E-state index in [9.17, 15) is 14.9 Å². The molecule has 7 nitrogen and oxygen atoms in total. The summed E-state index contributed by atoms with van der Waals surface area (Å²) in [6, 6.07) is 12.5. The molecule has 0 spiro atoms. The SMILES string of the molecule is CC(C)CCSc1ccc(C(=O)N2CCC(c3nc4ccccc4o3)CC2)cc1[N+](=O)[O-]. The number of thioether (sulfide) groups is 1. The van der Waals surface area contributed by atoms with Crippen LogP contribution >= 0.6 is 11.8 Å². The monoisotopic (exact) mass is 453 g/mol. The molecule has 32 heavy (non-hydrogen) atoms. The van der Waals surface area contributed by atoms with Gasteiger partial charge in [-0.25, -0.2) is 4.98 Å². The van der Waals surface area contributed by atoms with Crippen LogP contribution in [0.3, 0.4) is 0 Å². The van der Waals surface area contributed by atoms with Crippen molar-refractivity contribution in [2.24, 2.45) is 5.92 Å². The van der Waals surface area contributed by atoms with Gasteiger partial charge in [0.05, 0.1) is 9.82 Å². The number of aromatic nitrogens is 1. The second kappa shape index (κ2) is 9.73. The molecular formula is C24H27N3O4S. The van der Waals surface area contributed by atoms with Crippen molar-refractivity contribution in [2.45, 2.75) is 43.9 Å². The van der Waals surface area contributed by atoms with Gasteiger partial charge in [0, 0.05) is 30.6 Å². The van der Waals surface area contributed by atoms with Gasteiger partial charge in [-0.2, -0.15) is 0 Å². The Balaban J connectivity index is 1.42. The van der Waals surface area contributed by atoms with Gasteiger partial charge < -0.3 is 9.32 Å². The van der Waals surface area contributed by atoms with E-state index in [1.165, 1.54) is 17.8 Å². The van der Waals surface area contributed by atoms with Gasteiger partial charge in [-0.1, -0.05) is 26.0 Å². The molecule has 0 radical (unpaired) electrons. The molecule has 4 rings (SSSR count). The van der Waals surface area contributed by atoms with Crippen LogP contribution in [0.5, 0.6) is 0 Å². The number of nitro benzene ring substituents is 1. The van der Waals surface area contributed by atoms with E-state index in [4.69, 9.17) is 4.42 Å². The molecule has 1 aromatic heterocycles. The maximum absolute atomic E-state index is 13.0. The second-order valence-corrected chi connectivity index (χ2v) is 9.69. The Morgan fingerprint density at radius 2 is 2.00 bits per heavy atom. The Morgan fingerprint density at radius 1 is 1.25 bits per heavy atom. The number of oxazole rings is 1. The number of carbonyl (C=O) groups is 1. The fraction of sp³-hybridized carbons (Fsp3) is 0.417. The predicted molar refractivity (Wildman–Crippen MR) is 125 cm³/mol. The van der Waals surface area contributed by atoms with Crippen LogP contribution in [-0.2, 0) is 0 Å². The number of fused-ring (bicyclic) bond motifs is 1. The lowest BCUT2D eigenvalue weighted by atomic mass is 9.96. The topological polar surface area (TPSA) is 89.5 Å². The van der Waals surface area contributed by atoms with Crippen LogP contribution in [0, 0.1) is 16.0 Å². The van der Waals surface area contributed by atoms with Crippen molar-refractivity contribution in [3.8, 4) is 0 Å². The maximum atomic E-state index is 13.0. The minimum absolute atomic E-state index is 0.00553. The van der Waals surface area contributed by atoms with Crippen LogP contribution in [0.1, 0.15) is 55.3 Å². The van der Waals surface area contributed by atoms with Crippen molar-refractivity contribution < 1.29 is 14.1 Å². The molecule has 1 amide bonds. The first kappa shape index (κ1) is 22.3. The molecule has 8 heteroatoms. The molecule has 0 unspecified atom stereocenters. The van der Waals surface area contributed by atoms with Gasteiger partial charge >= 0.3 is 0 Å². The standard InChI is InChI=1S/C24H27N3O4S/c1-16(2)11-14-32-22-8-7-18(15-20(22)27(29)30)24(28)26-12-9-17(10-13-26)23-25-19-5-3-4-6-21(19)31-23/h3-8,15-17H,9-14H2,1-2H3. The van der Waals surface area contributed by atoms with Crippen molar-refractivity contribution in [1.82, 2.24) is 9.88 Å². The lowest BCUT2D eigenvalue weighted by Crippen LogP contribution is -2.38. The number of nitro groups is 1. The number of piperidine rings is 1. The van der Waals surface area contributed by atoms with Crippen molar-refractivity contribution in [3.05, 3.63) is 64.0 Å². The fourth-order valence-corrected chi connectivity index (χ4v) is 5.15. The van der Waals surface area contributed by atoms with Crippen molar-refractivity contribution in [2.75, 3.05) is 18.8 Å². The summed E-state index contributed by atoms with van der Waals surface area (Å²) in [5.41, 5.74) is 2.00. The third-order valence-electron chi connectivity index (χ3n) is 5.80. The summed E-state index contributed by atoms with van der Waals surface area (Å²) >= 11 is 1.48. The van der Waals surface area contributed by atoms with Gasteiger partial charge in [-0.15, -0.1) is 11.8 Å². The molecule has 2 heterocycles. The number of rotatable bonds is 7. The molecule has 3 aromatic rings. The van der Waals surface area contributed by atoms with Crippen LogP contribution < -0.4 is 0 Å². The third-order valence-corrected chi connectivity index (χ3v) is 6.89. The molecule has 0 N–H and O–H groups in total. The number of hydrogen-bond acceptors (Lipinski definition) is 6. The van der Waals surface area contributed by atoms with Crippen molar-refractivity contribution in [3.63, 3.8) is 0 Å². The van der Waals surface area contributed by atoms with Crippen LogP contribution in [0.4, 0.5) is 5.69 Å². The smallest absolute Gasteiger partial charge is 0.283 e. The first-order valence-electron chi connectivity index (χ1n) is 11.0. The van der Waals surface area contributed by atoms with Gasteiger partial charge in [-0.3, -0.25) is 14.9 Å². The quantitative estimate of drug-likeness (QED) is 0.252. The Bertz CT molecular complexity index is 1090. The number of carbonyl (C=O) groups excluding carboxylic acids is 1. The van der Waals surface area contributed by atoms with E-state index < -0.39 is 4.92 Å². The molecule has 0 saturated carbocycles. The first-order chi connectivity index (χ1) is 15.4. The number of benzene rings is 2. The number of nitrogens with zero attached hydrogens (tertiary/aromatic N) is 3. The molecule has 1 fully saturated rings. The van der Waals surface area contributed by atoms with Gasteiger partial charge in [0.15, 0.2) is 11.5 Å². The average molecular weight is 454 g/mol. The zero-order valence-corrected chi connectivity index (χ0v) is 19.1. The Morgan fingerprint density at radius 3 is 2.69 bits per heavy atom. The Hall–Kier alpha value is -2.87. The molecule has 0 atom stereocenters. The molecule has 1 saturated heterocycles. The first-order valence-corrected chi connectivity index (χ1v) is 12.0. The van der Waals surface area contributed by atoms with E-state index in [0.29, 0.717) is 29.5 Å². The van der Waals surface area contributed by atoms with Crippen LogP contribution in [0.25, 0.3) is 11.1 Å². The summed E-state index contributed by atoms with van der Waals surface area (Å²) in [6.45, 7) is 5.40. The highest BCUT2D eigenvalue weighted by Gasteiger charge is 2.28. The second-order valence-electron chi connectivity index (χ2n) is 8.56. The summed E-state index contributed by atoms with van der Waals surface area (Å²) in [5.74, 6) is 2.08. The van der Waals surface area contributed by atoms with Gasteiger partial charge in [0.1, 0.15) is 5.52 Å². The minimum atomic E-state index is -0.395. The highest BCUT2D eigenvalue weighted by atomic mass is 32.2. The summed E-state index contributed by atoms with van der Waals surface area (Å²) < 4.78 is 5.90. The fourth-order valence-electron chi connectivity index (χ4n) is 3.90. The molecule has 0 bridgehead atoms. The minimum Gasteiger partial charge on any atom is -0.440 e. The molecule has 1 aliphatic rings. The van der Waals surface area contributed by atoms with Gasteiger partial charge in [0.25, 0.3) is 11.6 Å². The summed E-state index contributed by atoms with van der Waals surface area (Å²) in [5, 5.41) is 11.6. The van der Waals surface area contributed by atoms with E-state index in [2.05, 4.69) is 18.8 Å². The highest BCUT2D eigenvalue weighted by Crippen LogP contribution is 2.33. The van der Waals surface area contributed by atoms with E-state index in [-0.39, 0.29) is 17.5 Å². The molecule has 168 valence electrons. The normalized spacial score (nSPS) is 14.9. The summed E-state index contributed by atoms with van der Waals surface area (Å²) in [4.78, 5) is 31.2.